The Morgan fingerprint density at radius 3 is 2.82 bits per heavy atom. The molecule has 0 fully saturated rings. The maximum atomic E-state index is 5.81. The molecule has 0 atom stereocenters. The van der Waals surface area contributed by atoms with Crippen LogP contribution in [0.3, 0.4) is 0 Å². The van der Waals surface area contributed by atoms with Gasteiger partial charge in [0.25, 0.3) is 0 Å². The zero-order valence-corrected chi connectivity index (χ0v) is 9.73. The fraction of sp³-hybridized carbons (Fsp3) is 0.154. The lowest BCUT2D eigenvalue weighted by Gasteiger charge is -2.10. The van der Waals surface area contributed by atoms with Gasteiger partial charge in [0.05, 0.1) is 6.20 Å². The summed E-state index contributed by atoms with van der Waals surface area (Å²) in [5, 5.41) is 6.63. The van der Waals surface area contributed by atoms with Crippen molar-refractivity contribution in [2.45, 2.75) is 6.92 Å². The molecule has 2 rings (SSSR count). The van der Waals surface area contributed by atoms with Crippen LogP contribution in [0, 0.1) is 0 Å². The highest BCUT2D eigenvalue weighted by Gasteiger charge is 2.10. The lowest BCUT2D eigenvalue weighted by molar-refractivity contribution is 0.354. The van der Waals surface area contributed by atoms with Crippen molar-refractivity contribution >= 4 is 5.82 Å². The van der Waals surface area contributed by atoms with Crippen LogP contribution < -0.4 is 10.5 Å². The Hall–Kier alpha value is -2.23. The molecule has 0 unspecified atom stereocenters. The van der Waals surface area contributed by atoms with Gasteiger partial charge < -0.3 is 10.5 Å². The van der Waals surface area contributed by atoms with Crippen molar-refractivity contribution in [2.24, 2.45) is 0 Å². The predicted octanol–water partition coefficient (Wildman–Crippen LogP) is 2.61. The number of benzene rings is 1. The second-order valence-electron chi connectivity index (χ2n) is 3.94. The van der Waals surface area contributed by atoms with Crippen LogP contribution in [-0.2, 0) is 0 Å². The summed E-state index contributed by atoms with van der Waals surface area (Å²) in [7, 11) is 0. The molecular weight excluding hydrogens is 214 g/mol. The molecule has 1 aromatic heterocycles. The quantitative estimate of drug-likeness (QED) is 0.792. The Morgan fingerprint density at radius 2 is 2.18 bits per heavy atom. The SMILES string of the molecule is C=C(C)COc1ccccc1-c1cn[nH]c1N. The molecule has 2 aromatic rings. The Morgan fingerprint density at radius 1 is 1.41 bits per heavy atom. The van der Waals surface area contributed by atoms with Crippen LogP contribution >= 0.6 is 0 Å². The monoisotopic (exact) mass is 229 g/mol. The summed E-state index contributed by atoms with van der Waals surface area (Å²) in [5.74, 6) is 1.32. The zero-order chi connectivity index (χ0) is 12.3. The van der Waals surface area contributed by atoms with Gasteiger partial charge in [-0.05, 0) is 18.6 Å². The molecule has 4 heteroatoms. The lowest BCUT2D eigenvalue weighted by Crippen LogP contribution is -1.99. The average molecular weight is 229 g/mol. The van der Waals surface area contributed by atoms with Crippen molar-refractivity contribution in [1.82, 2.24) is 10.2 Å². The Balaban J connectivity index is 2.34. The number of anilines is 1. The largest absolute Gasteiger partial charge is 0.489 e. The topological polar surface area (TPSA) is 63.9 Å². The standard InChI is InChI=1S/C13H15N3O/c1-9(2)8-17-12-6-4-3-5-10(12)11-7-15-16-13(11)14/h3-7H,1,8H2,2H3,(H3,14,15,16). The smallest absolute Gasteiger partial charge is 0.127 e. The first-order chi connectivity index (χ1) is 8.18. The van der Waals surface area contributed by atoms with Gasteiger partial charge in [-0.1, -0.05) is 24.8 Å². The number of H-pyrrole nitrogens is 1. The van der Waals surface area contributed by atoms with E-state index in [0.29, 0.717) is 12.4 Å². The highest BCUT2D eigenvalue weighted by Crippen LogP contribution is 2.32. The molecule has 0 saturated carbocycles. The normalized spacial score (nSPS) is 10.2. The number of nitrogens with zero attached hydrogens (tertiary/aromatic N) is 1. The van der Waals surface area contributed by atoms with E-state index in [9.17, 15) is 0 Å². The number of nitrogens with one attached hydrogen (secondary N) is 1. The lowest BCUT2D eigenvalue weighted by atomic mass is 10.1. The van der Waals surface area contributed by atoms with Crippen molar-refractivity contribution in [3.63, 3.8) is 0 Å². The number of ether oxygens (including phenoxy) is 1. The summed E-state index contributed by atoms with van der Waals surface area (Å²) in [5.41, 5.74) is 8.56. The molecule has 0 aliphatic heterocycles. The molecule has 1 aromatic carbocycles. The zero-order valence-electron chi connectivity index (χ0n) is 9.73. The van der Waals surface area contributed by atoms with Crippen molar-refractivity contribution in [3.8, 4) is 16.9 Å². The minimum Gasteiger partial charge on any atom is -0.489 e. The van der Waals surface area contributed by atoms with Crippen molar-refractivity contribution in [1.29, 1.82) is 0 Å². The van der Waals surface area contributed by atoms with Crippen molar-refractivity contribution in [3.05, 3.63) is 42.6 Å². The molecule has 0 radical (unpaired) electrons. The van der Waals surface area contributed by atoms with E-state index in [1.54, 1.807) is 6.20 Å². The van der Waals surface area contributed by atoms with Gasteiger partial charge in [-0.2, -0.15) is 5.10 Å². The molecule has 0 saturated heterocycles. The van der Waals surface area contributed by atoms with Crippen LogP contribution in [0.5, 0.6) is 5.75 Å². The maximum Gasteiger partial charge on any atom is 0.127 e. The summed E-state index contributed by atoms with van der Waals surface area (Å²) in [4.78, 5) is 0. The second kappa shape index (κ2) is 4.74. The summed E-state index contributed by atoms with van der Waals surface area (Å²) >= 11 is 0. The number of aromatic amines is 1. The van der Waals surface area contributed by atoms with Gasteiger partial charge in [0.15, 0.2) is 0 Å². The van der Waals surface area contributed by atoms with E-state index in [1.807, 2.05) is 31.2 Å². The molecule has 1 heterocycles. The van der Waals surface area contributed by atoms with Gasteiger partial charge in [-0.25, -0.2) is 0 Å². The Bertz CT molecular complexity index is 531. The molecule has 0 spiro atoms. The predicted molar refractivity (Wildman–Crippen MR) is 68.7 cm³/mol. The van der Waals surface area contributed by atoms with Gasteiger partial charge in [-0.15, -0.1) is 0 Å². The fourth-order valence-electron chi connectivity index (χ4n) is 1.53. The Labute approximate surface area is 100 Å². The third-order valence-corrected chi connectivity index (χ3v) is 2.32. The molecule has 0 aliphatic carbocycles. The number of para-hydroxylation sites is 1. The summed E-state index contributed by atoms with van der Waals surface area (Å²) in [6.45, 7) is 6.23. The van der Waals surface area contributed by atoms with Gasteiger partial charge >= 0.3 is 0 Å². The number of nitrogen functional groups attached to an aromatic ring is 1. The molecule has 3 N–H and O–H groups in total. The van der Waals surface area contributed by atoms with E-state index >= 15 is 0 Å². The van der Waals surface area contributed by atoms with Crippen LogP contribution in [0.1, 0.15) is 6.92 Å². The molecular formula is C13H15N3O. The number of hydrogen-bond acceptors (Lipinski definition) is 3. The van der Waals surface area contributed by atoms with Crippen molar-refractivity contribution in [2.75, 3.05) is 12.3 Å². The summed E-state index contributed by atoms with van der Waals surface area (Å²) in [6.07, 6.45) is 1.69. The molecule has 17 heavy (non-hydrogen) atoms. The van der Waals surface area contributed by atoms with Crippen LogP contribution in [0.25, 0.3) is 11.1 Å². The van der Waals surface area contributed by atoms with E-state index in [2.05, 4.69) is 16.8 Å². The number of rotatable bonds is 4. The first-order valence-electron chi connectivity index (χ1n) is 5.34. The van der Waals surface area contributed by atoms with Crippen LogP contribution in [-0.4, -0.2) is 16.8 Å². The fourth-order valence-corrected chi connectivity index (χ4v) is 1.53. The van der Waals surface area contributed by atoms with Crippen LogP contribution in [0.15, 0.2) is 42.6 Å². The first-order valence-corrected chi connectivity index (χ1v) is 5.34. The van der Waals surface area contributed by atoms with E-state index in [1.165, 1.54) is 0 Å². The van der Waals surface area contributed by atoms with Crippen molar-refractivity contribution < 1.29 is 4.74 Å². The first kappa shape index (κ1) is 11.3. The number of nitrogens with two attached hydrogens (primary N) is 1. The van der Waals surface area contributed by atoms with E-state index < -0.39 is 0 Å². The minimum absolute atomic E-state index is 0.495. The van der Waals surface area contributed by atoms with E-state index in [4.69, 9.17) is 10.5 Å². The van der Waals surface area contributed by atoms with E-state index in [0.717, 1.165) is 22.4 Å². The van der Waals surface area contributed by atoms with Gasteiger partial charge in [-0.3, -0.25) is 5.10 Å². The second-order valence-corrected chi connectivity index (χ2v) is 3.94. The third kappa shape index (κ3) is 2.47. The highest BCUT2D eigenvalue weighted by atomic mass is 16.5. The van der Waals surface area contributed by atoms with Gasteiger partial charge in [0, 0.05) is 11.1 Å². The average Bonchev–Trinajstić information content (AvgIpc) is 2.73. The minimum atomic E-state index is 0.495. The molecule has 4 nitrogen and oxygen atoms in total. The third-order valence-electron chi connectivity index (χ3n) is 2.32. The number of hydrogen-bond donors (Lipinski definition) is 2. The molecule has 0 aliphatic rings. The summed E-state index contributed by atoms with van der Waals surface area (Å²) < 4.78 is 5.68. The van der Waals surface area contributed by atoms with Crippen LogP contribution in [0.2, 0.25) is 0 Å². The number of aromatic nitrogens is 2. The highest BCUT2D eigenvalue weighted by molar-refractivity contribution is 5.77. The van der Waals surface area contributed by atoms with Gasteiger partial charge in [0.1, 0.15) is 18.2 Å². The molecule has 88 valence electrons. The van der Waals surface area contributed by atoms with Crippen LogP contribution in [0.4, 0.5) is 5.82 Å². The maximum absolute atomic E-state index is 5.81. The van der Waals surface area contributed by atoms with E-state index in [-0.39, 0.29) is 0 Å². The molecule has 0 amide bonds. The molecule has 0 bridgehead atoms. The van der Waals surface area contributed by atoms with Gasteiger partial charge in [0.2, 0.25) is 0 Å². The summed E-state index contributed by atoms with van der Waals surface area (Å²) in [6, 6.07) is 7.72. The Kier molecular flexibility index (Phi) is 3.14.